The Morgan fingerprint density at radius 3 is 2.69 bits per heavy atom. The minimum absolute atomic E-state index is 0.0228. The van der Waals surface area contributed by atoms with E-state index in [4.69, 9.17) is 18.6 Å². The van der Waals surface area contributed by atoms with Crippen molar-refractivity contribution >= 4 is 23.2 Å². The number of carbonyl (C=O) groups excluding carboxylic acids is 2. The number of hydrogen-bond donors (Lipinski definition) is 0. The lowest BCUT2D eigenvalue weighted by atomic mass is 9.99. The molecule has 8 heteroatoms. The van der Waals surface area contributed by atoms with Crippen molar-refractivity contribution in [1.29, 1.82) is 0 Å². The van der Waals surface area contributed by atoms with Gasteiger partial charge in [0, 0.05) is 32.2 Å². The second kappa shape index (κ2) is 9.67. The lowest BCUT2D eigenvalue weighted by molar-refractivity contribution is -0.135. The number of rotatable bonds is 8. The molecule has 0 saturated carbocycles. The van der Waals surface area contributed by atoms with Crippen molar-refractivity contribution < 1.29 is 28.2 Å². The van der Waals surface area contributed by atoms with Gasteiger partial charge in [-0.3, -0.25) is 9.59 Å². The number of aldehydes is 1. The van der Waals surface area contributed by atoms with Gasteiger partial charge in [0.05, 0.1) is 30.8 Å². The van der Waals surface area contributed by atoms with Crippen LogP contribution in [0.25, 0.3) is 11.0 Å². The highest BCUT2D eigenvalue weighted by Gasteiger charge is 2.21. The van der Waals surface area contributed by atoms with Crippen molar-refractivity contribution in [3.63, 3.8) is 0 Å². The molecule has 3 rings (SSSR count). The van der Waals surface area contributed by atoms with Crippen LogP contribution in [0.5, 0.6) is 5.75 Å². The maximum absolute atomic E-state index is 12.6. The fraction of sp³-hybridized carbons (Fsp3) is 0.476. The first-order valence-corrected chi connectivity index (χ1v) is 9.58. The van der Waals surface area contributed by atoms with Gasteiger partial charge in [-0.25, -0.2) is 4.79 Å². The first kappa shape index (κ1) is 21.0. The minimum atomic E-state index is -0.540. The van der Waals surface area contributed by atoms with E-state index in [9.17, 15) is 14.4 Å². The number of methoxy groups -OCH3 is 1. The molecule has 156 valence electrons. The summed E-state index contributed by atoms with van der Waals surface area (Å²) in [7, 11) is 1.57. The topological polar surface area (TPSA) is 95.3 Å². The number of fused-ring (bicyclic) bond motifs is 1. The van der Waals surface area contributed by atoms with Gasteiger partial charge < -0.3 is 23.5 Å². The SMILES string of the molecule is COCCOc1ccc(C=O)c2oc(=O)c(CCC(=O)N3CCOCC3)c(C)c12. The fourth-order valence-electron chi connectivity index (χ4n) is 3.44. The van der Waals surface area contributed by atoms with E-state index in [0.717, 1.165) is 0 Å². The largest absolute Gasteiger partial charge is 0.490 e. The molecular formula is C21H25NO7. The third kappa shape index (κ3) is 4.65. The Bertz CT molecular complexity index is 944. The van der Waals surface area contributed by atoms with Gasteiger partial charge in [-0.2, -0.15) is 0 Å². The van der Waals surface area contributed by atoms with E-state index >= 15 is 0 Å². The van der Waals surface area contributed by atoms with Gasteiger partial charge in [-0.1, -0.05) is 0 Å². The number of hydrogen-bond acceptors (Lipinski definition) is 7. The molecule has 0 spiro atoms. The molecule has 0 radical (unpaired) electrons. The van der Waals surface area contributed by atoms with Gasteiger partial charge in [0.1, 0.15) is 12.4 Å². The molecule has 0 atom stereocenters. The molecule has 1 fully saturated rings. The van der Waals surface area contributed by atoms with Gasteiger partial charge in [-0.15, -0.1) is 0 Å². The van der Waals surface area contributed by atoms with Crippen LogP contribution in [0.15, 0.2) is 21.3 Å². The Kier molecular flexibility index (Phi) is 7.00. The minimum Gasteiger partial charge on any atom is -0.490 e. The highest BCUT2D eigenvalue weighted by molar-refractivity contribution is 5.99. The molecule has 1 aliphatic heterocycles. The van der Waals surface area contributed by atoms with Crippen LogP contribution in [0, 0.1) is 6.92 Å². The number of nitrogens with zero attached hydrogens (tertiary/aromatic N) is 1. The average molecular weight is 403 g/mol. The van der Waals surface area contributed by atoms with E-state index in [1.807, 2.05) is 0 Å². The lowest BCUT2D eigenvalue weighted by Gasteiger charge is -2.26. The van der Waals surface area contributed by atoms with Gasteiger partial charge in [-0.05, 0) is 31.0 Å². The second-order valence-electron chi connectivity index (χ2n) is 6.80. The highest BCUT2D eigenvalue weighted by atomic mass is 16.5. The van der Waals surface area contributed by atoms with E-state index in [0.29, 0.717) is 68.1 Å². The van der Waals surface area contributed by atoms with E-state index in [-0.39, 0.29) is 29.9 Å². The molecule has 1 aromatic heterocycles. The summed E-state index contributed by atoms with van der Waals surface area (Å²) >= 11 is 0. The summed E-state index contributed by atoms with van der Waals surface area (Å²) in [6.45, 7) is 4.67. The Morgan fingerprint density at radius 2 is 2.00 bits per heavy atom. The van der Waals surface area contributed by atoms with Crippen molar-refractivity contribution in [2.24, 2.45) is 0 Å². The molecule has 1 aliphatic rings. The molecule has 1 amide bonds. The quantitative estimate of drug-likeness (QED) is 0.376. The third-order valence-corrected chi connectivity index (χ3v) is 5.04. The molecule has 8 nitrogen and oxygen atoms in total. The summed E-state index contributed by atoms with van der Waals surface area (Å²) in [4.78, 5) is 38.2. The molecule has 0 unspecified atom stereocenters. The molecule has 29 heavy (non-hydrogen) atoms. The Hall–Kier alpha value is -2.71. The van der Waals surface area contributed by atoms with Gasteiger partial charge in [0.2, 0.25) is 5.91 Å². The predicted octanol–water partition coefficient (Wildman–Crippen LogP) is 1.73. The Balaban J connectivity index is 1.92. The Labute approximate surface area is 168 Å². The monoisotopic (exact) mass is 403 g/mol. The van der Waals surface area contributed by atoms with Crippen molar-refractivity contribution in [1.82, 2.24) is 4.90 Å². The van der Waals surface area contributed by atoms with Gasteiger partial charge >= 0.3 is 5.63 Å². The number of benzene rings is 1. The zero-order valence-corrected chi connectivity index (χ0v) is 16.7. The summed E-state index contributed by atoms with van der Waals surface area (Å²) < 4.78 is 21.5. The van der Waals surface area contributed by atoms with Gasteiger partial charge in [0.15, 0.2) is 11.9 Å². The van der Waals surface area contributed by atoms with Crippen LogP contribution in [-0.4, -0.2) is 63.7 Å². The van der Waals surface area contributed by atoms with Crippen molar-refractivity contribution in [2.75, 3.05) is 46.6 Å². The van der Waals surface area contributed by atoms with E-state index in [1.54, 1.807) is 31.1 Å². The van der Waals surface area contributed by atoms with Crippen LogP contribution in [0.1, 0.15) is 27.9 Å². The van der Waals surface area contributed by atoms with Crippen LogP contribution in [0.3, 0.4) is 0 Å². The molecule has 1 aromatic carbocycles. The van der Waals surface area contributed by atoms with Crippen LogP contribution < -0.4 is 10.4 Å². The normalized spacial score (nSPS) is 14.2. The fourth-order valence-corrected chi connectivity index (χ4v) is 3.44. The van der Waals surface area contributed by atoms with E-state index in [2.05, 4.69) is 0 Å². The molecule has 2 heterocycles. The summed E-state index contributed by atoms with van der Waals surface area (Å²) in [5, 5.41) is 0.569. The Morgan fingerprint density at radius 1 is 1.24 bits per heavy atom. The maximum atomic E-state index is 12.6. The number of morpholine rings is 1. The maximum Gasteiger partial charge on any atom is 0.339 e. The van der Waals surface area contributed by atoms with Gasteiger partial charge in [0.25, 0.3) is 0 Å². The smallest absolute Gasteiger partial charge is 0.339 e. The van der Waals surface area contributed by atoms with Crippen LogP contribution in [-0.2, 0) is 20.7 Å². The van der Waals surface area contributed by atoms with Crippen molar-refractivity contribution in [2.45, 2.75) is 19.8 Å². The van der Waals surface area contributed by atoms with Crippen LogP contribution >= 0.6 is 0 Å². The van der Waals surface area contributed by atoms with Crippen LogP contribution in [0.2, 0.25) is 0 Å². The molecule has 0 N–H and O–H groups in total. The zero-order chi connectivity index (χ0) is 20.8. The summed E-state index contributed by atoms with van der Waals surface area (Å²) in [6, 6.07) is 3.23. The zero-order valence-electron chi connectivity index (χ0n) is 16.7. The van der Waals surface area contributed by atoms with Crippen LogP contribution in [0.4, 0.5) is 0 Å². The summed E-state index contributed by atoms with van der Waals surface area (Å²) in [5.41, 5.74) is 0.999. The second-order valence-corrected chi connectivity index (χ2v) is 6.80. The standard InChI is InChI=1S/C21H25NO7/c1-14-16(4-6-18(24)22-7-9-27-10-8-22)21(25)29-20-15(13-23)3-5-17(19(14)20)28-12-11-26-2/h3,5,13H,4,6-12H2,1-2H3. The molecular weight excluding hydrogens is 378 g/mol. The number of ether oxygens (including phenoxy) is 3. The highest BCUT2D eigenvalue weighted by Crippen LogP contribution is 2.32. The number of carbonyl (C=O) groups is 2. The third-order valence-electron chi connectivity index (χ3n) is 5.04. The lowest BCUT2D eigenvalue weighted by Crippen LogP contribution is -2.40. The molecule has 0 bridgehead atoms. The summed E-state index contributed by atoms with van der Waals surface area (Å²) in [6.07, 6.45) is 1.10. The summed E-state index contributed by atoms with van der Waals surface area (Å²) in [5.74, 6) is 0.482. The molecule has 1 saturated heterocycles. The van der Waals surface area contributed by atoms with E-state index < -0.39 is 5.63 Å². The molecule has 2 aromatic rings. The first-order chi connectivity index (χ1) is 14.1. The van der Waals surface area contributed by atoms with E-state index in [1.165, 1.54) is 0 Å². The van der Waals surface area contributed by atoms with Crippen molar-refractivity contribution in [3.8, 4) is 5.75 Å². The average Bonchev–Trinajstić information content (AvgIpc) is 2.74. The number of aryl methyl sites for hydroxylation is 1. The number of amides is 1. The predicted molar refractivity (Wildman–Crippen MR) is 106 cm³/mol. The first-order valence-electron chi connectivity index (χ1n) is 9.58. The van der Waals surface area contributed by atoms with Crippen molar-refractivity contribution in [3.05, 3.63) is 39.2 Å². The molecule has 0 aliphatic carbocycles.